The molecule has 80 valence electrons. The fraction of sp³-hybridized carbons (Fsp3) is 0.0833. The molecule has 2 rings (SSSR count). The second-order valence-corrected chi connectivity index (χ2v) is 4.16. The third-order valence-electron chi connectivity index (χ3n) is 2.07. The average Bonchev–Trinajstić information content (AvgIpc) is 2.83. The fourth-order valence-corrected chi connectivity index (χ4v) is 1.95. The summed E-state index contributed by atoms with van der Waals surface area (Å²) >= 11 is 1.35. The number of pyridine rings is 1. The number of aromatic nitrogens is 1. The molecule has 0 saturated heterocycles. The largest absolute Gasteiger partial charge is 0.293 e. The highest BCUT2D eigenvalue weighted by molar-refractivity contribution is 7.12. The Morgan fingerprint density at radius 2 is 2.00 bits per heavy atom. The van der Waals surface area contributed by atoms with Gasteiger partial charge in [0.05, 0.1) is 11.3 Å². The Kier molecular flexibility index (Phi) is 3.22. The van der Waals surface area contributed by atoms with Gasteiger partial charge in [-0.1, -0.05) is 12.1 Å². The van der Waals surface area contributed by atoms with Crippen molar-refractivity contribution < 1.29 is 9.59 Å². The van der Waals surface area contributed by atoms with Gasteiger partial charge in [-0.2, -0.15) is 0 Å². The number of ketones is 2. The Morgan fingerprint density at radius 3 is 2.62 bits per heavy atom. The van der Waals surface area contributed by atoms with Crippen molar-refractivity contribution in [1.82, 2.24) is 4.98 Å². The highest BCUT2D eigenvalue weighted by Crippen LogP contribution is 2.12. The van der Waals surface area contributed by atoms with E-state index in [0.717, 1.165) is 0 Å². The molecule has 4 heteroatoms. The quantitative estimate of drug-likeness (QED) is 0.600. The van der Waals surface area contributed by atoms with E-state index in [1.165, 1.54) is 11.3 Å². The number of thiophene rings is 1. The molecule has 0 spiro atoms. The van der Waals surface area contributed by atoms with E-state index < -0.39 is 0 Å². The third kappa shape index (κ3) is 2.41. The molecule has 0 amide bonds. The van der Waals surface area contributed by atoms with Gasteiger partial charge in [-0.3, -0.25) is 14.6 Å². The number of Topliss-reactive ketones (excluding diaryl/α,β-unsaturated/α-hetero) is 2. The van der Waals surface area contributed by atoms with Gasteiger partial charge < -0.3 is 0 Å². The highest BCUT2D eigenvalue weighted by Gasteiger charge is 2.14. The number of carbonyl (C=O) groups excluding carboxylic acids is 2. The predicted molar refractivity (Wildman–Crippen MR) is 61.8 cm³/mol. The molecule has 0 aliphatic heterocycles. The number of nitrogens with zero attached hydrogens (tertiary/aromatic N) is 1. The molecule has 0 aliphatic carbocycles. The molecule has 0 radical (unpaired) electrons. The Bertz CT molecular complexity index is 491. The van der Waals surface area contributed by atoms with Gasteiger partial charge in [-0.15, -0.1) is 11.3 Å². The summed E-state index contributed by atoms with van der Waals surface area (Å²) in [5.74, 6) is -0.385. The minimum atomic E-state index is -0.237. The van der Waals surface area contributed by atoms with Crippen LogP contribution < -0.4 is 0 Å². The molecule has 0 N–H and O–H groups in total. The van der Waals surface area contributed by atoms with Crippen molar-refractivity contribution in [2.24, 2.45) is 0 Å². The summed E-state index contributed by atoms with van der Waals surface area (Å²) in [5, 5.41) is 1.82. The normalized spacial score (nSPS) is 10.0. The molecule has 16 heavy (non-hydrogen) atoms. The Labute approximate surface area is 96.8 Å². The maximum atomic E-state index is 11.7. The Hall–Kier alpha value is -1.81. The molecule has 0 unspecified atom stereocenters. The van der Waals surface area contributed by atoms with Gasteiger partial charge in [0, 0.05) is 6.20 Å². The van der Waals surface area contributed by atoms with Crippen molar-refractivity contribution in [2.75, 3.05) is 0 Å². The maximum Gasteiger partial charge on any atom is 0.188 e. The van der Waals surface area contributed by atoms with Gasteiger partial charge in [0.1, 0.15) is 5.69 Å². The van der Waals surface area contributed by atoms with Crippen molar-refractivity contribution in [2.45, 2.75) is 6.42 Å². The van der Waals surface area contributed by atoms with Crippen LogP contribution in [0.4, 0.5) is 0 Å². The number of hydrogen-bond donors (Lipinski definition) is 0. The number of hydrogen-bond acceptors (Lipinski definition) is 4. The zero-order valence-electron chi connectivity index (χ0n) is 8.42. The monoisotopic (exact) mass is 231 g/mol. The summed E-state index contributed by atoms with van der Waals surface area (Å²) in [6.45, 7) is 0. The Morgan fingerprint density at radius 1 is 1.12 bits per heavy atom. The first-order chi connectivity index (χ1) is 7.77. The van der Waals surface area contributed by atoms with Crippen molar-refractivity contribution in [1.29, 1.82) is 0 Å². The molecule has 0 aliphatic rings. The topological polar surface area (TPSA) is 47.0 Å². The van der Waals surface area contributed by atoms with Crippen LogP contribution >= 0.6 is 11.3 Å². The lowest BCUT2D eigenvalue weighted by molar-refractivity contribution is 0.0893. The van der Waals surface area contributed by atoms with E-state index >= 15 is 0 Å². The summed E-state index contributed by atoms with van der Waals surface area (Å²) in [4.78, 5) is 27.9. The minimum Gasteiger partial charge on any atom is -0.293 e. The van der Waals surface area contributed by atoms with Gasteiger partial charge in [-0.25, -0.2) is 0 Å². The lowest BCUT2D eigenvalue weighted by Gasteiger charge is -1.97. The maximum absolute atomic E-state index is 11.7. The first-order valence-corrected chi connectivity index (χ1v) is 5.66. The first-order valence-electron chi connectivity index (χ1n) is 4.78. The van der Waals surface area contributed by atoms with E-state index in [9.17, 15) is 9.59 Å². The van der Waals surface area contributed by atoms with E-state index in [2.05, 4.69) is 4.98 Å². The molecule has 0 bridgehead atoms. The van der Waals surface area contributed by atoms with Crippen LogP contribution in [-0.4, -0.2) is 16.6 Å². The zero-order chi connectivity index (χ0) is 11.4. The van der Waals surface area contributed by atoms with Crippen LogP contribution in [0.3, 0.4) is 0 Å². The standard InChI is InChI=1S/C12H9NO2S/c14-10(9-4-1-2-6-13-9)8-11(15)12-5-3-7-16-12/h1-7H,8H2. The van der Waals surface area contributed by atoms with Gasteiger partial charge in [0.2, 0.25) is 0 Å². The summed E-state index contributed by atoms with van der Waals surface area (Å²) in [6.07, 6.45) is 1.43. The molecule has 0 fully saturated rings. The lowest BCUT2D eigenvalue weighted by atomic mass is 10.1. The van der Waals surface area contributed by atoms with Gasteiger partial charge in [-0.05, 0) is 23.6 Å². The summed E-state index contributed by atoms with van der Waals surface area (Å²) in [5.41, 5.74) is 0.340. The Balaban J connectivity index is 2.06. The van der Waals surface area contributed by atoms with Crippen LogP contribution in [0.5, 0.6) is 0 Å². The van der Waals surface area contributed by atoms with E-state index in [1.54, 1.807) is 36.5 Å². The van der Waals surface area contributed by atoms with Crippen LogP contribution in [0.1, 0.15) is 26.6 Å². The molecular weight excluding hydrogens is 222 g/mol. The summed E-state index contributed by atoms with van der Waals surface area (Å²) in [7, 11) is 0. The van der Waals surface area contributed by atoms with Crippen molar-refractivity contribution in [3.8, 4) is 0 Å². The van der Waals surface area contributed by atoms with E-state index in [0.29, 0.717) is 10.6 Å². The van der Waals surface area contributed by atoms with Crippen LogP contribution in [-0.2, 0) is 0 Å². The van der Waals surface area contributed by atoms with Crippen molar-refractivity contribution in [3.63, 3.8) is 0 Å². The smallest absolute Gasteiger partial charge is 0.188 e. The summed E-state index contributed by atoms with van der Waals surface area (Å²) < 4.78 is 0. The number of carbonyl (C=O) groups is 2. The zero-order valence-corrected chi connectivity index (χ0v) is 9.24. The average molecular weight is 231 g/mol. The second kappa shape index (κ2) is 4.81. The second-order valence-electron chi connectivity index (χ2n) is 3.22. The van der Waals surface area contributed by atoms with Crippen molar-refractivity contribution in [3.05, 3.63) is 52.5 Å². The van der Waals surface area contributed by atoms with Crippen LogP contribution in [0, 0.1) is 0 Å². The third-order valence-corrected chi connectivity index (χ3v) is 2.98. The van der Waals surface area contributed by atoms with E-state index in [1.807, 2.05) is 5.38 Å². The number of rotatable bonds is 4. The van der Waals surface area contributed by atoms with Crippen LogP contribution in [0.25, 0.3) is 0 Å². The van der Waals surface area contributed by atoms with Gasteiger partial charge in [0.15, 0.2) is 11.6 Å². The van der Waals surface area contributed by atoms with E-state index in [-0.39, 0.29) is 18.0 Å². The van der Waals surface area contributed by atoms with Gasteiger partial charge in [0.25, 0.3) is 0 Å². The van der Waals surface area contributed by atoms with Crippen molar-refractivity contribution >= 4 is 22.9 Å². The lowest BCUT2D eigenvalue weighted by Crippen LogP contribution is -2.08. The molecule has 2 aromatic rings. The molecule has 0 aromatic carbocycles. The first kappa shape index (κ1) is 10.7. The molecule has 0 saturated carbocycles. The highest BCUT2D eigenvalue weighted by atomic mass is 32.1. The van der Waals surface area contributed by atoms with Gasteiger partial charge >= 0.3 is 0 Å². The molecule has 2 aromatic heterocycles. The fourth-order valence-electron chi connectivity index (χ4n) is 1.29. The SMILES string of the molecule is O=C(CC(=O)c1cccs1)c1ccccn1. The molecule has 2 heterocycles. The molecular formula is C12H9NO2S. The summed E-state index contributed by atoms with van der Waals surface area (Å²) in [6, 6.07) is 8.60. The molecule has 3 nitrogen and oxygen atoms in total. The molecule has 0 atom stereocenters. The minimum absolute atomic E-state index is 0.114. The van der Waals surface area contributed by atoms with Crippen LogP contribution in [0.15, 0.2) is 41.9 Å². The van der Waals surface area contributed by atoms with Crippen LogP contribution in [0.2, 0.25) is 0 Å². The van der Waals surface area contributed by atoms with E-state index in [4.69, 9.17) is 0 Å². The predicted octanol–water partition coefficient (Wildman–Crippen LogP) is 2.60.